The zero-order chi connectivity index (χ0) is 14.7. The van der Waals surface area contributed by atoms with Crippen molar-refractivity contribution in [3.63, 3.8) is 0 Å². The van der Waals surface area contributed by atoms with Gasteiger partial charge in [0.05, 0.1) is 21.3 Å². The van der Waals surface area contributed by atoms with Crippen LogP contribution in [0.4, 0.5) is 17.3 Å². The Morgan fingerprint density at radius 1 is 1.20 bits per heavy atom. The fourth-order valence-electron chi connectivity index (χ4n) is 1.57. The maximum atomic E-state index is 9.11. The highest BCUT2D eigenvalue weighted by Crippen LogP contribution is 2.32. The Morgan fingerprint density at radius 2 is 1.90 bits per heavy atom. The van der Waals surface area contributed by atoms with Gasteiger partial charge in [0.2, 0.25) is 0 Å². The number of hydrogen-bond acceptors (Lipinski definition) is 4. The van der Waals surface area contributed by atoms with Crippen molar-refractivity contribution < 1.29 is 0 Å². The quantitative estimate of drug-likeness (QED) is 0.812. The fourth-order valence-corrected chi connectivity index (χ4v) is 2.44. The minimum absolute atomic E-state index is 0.373. The molecule has 0 aliphatic heterocycles. The molecule has 0 radical (unpaired) electrons. The first-order valence-electron chi connectivity index (χ1n) is 5.55. The van der Waals surface area contributed by atoms with Gasteiger partial charge in [0.15, 0.2) is 5.82 Å². The van der Waals surface area contributed by atoms with Gasteiger partial charge in [-0.05, 0) is 24.3 Å². The molecular formula is C13H9BrCl2N4. The van der Waals surface area contributed by atoms with Crippen LogP contribution in [0.1, 0.15) is 5.56 Å². The van der Waals surface area contributed by atoms with Crippen LogP contribution < -0.4 is 10.6 Å². The number of rotatable bonds is 3. The highest BCUT2D eigenvalue weighted by atomic mass is 79.9. The summed E-state index contributed by atoms with van der Waals surface area (Å²) in [5, 5.41) is 15.8. The second-order valence-corrected chi connectivity index (χ2v) is 5.56. The Labute approximate surface area is 134 Å². The van der Waals surface area contributed by atoms with Crippen LogP contribution in [0, 0.1) is 11.3 Å². The Morgan fingerprint density at radius 3 is 2.55 bits per heavy atom. The van der Waals surface area contributed by atoms with Gasteiger partial charge in [0.25, 0.3) is 0 Å². The lowest BCUT2D eigenvalue weighted by molar-refractivity contribution is 1.27. The largest absolute Gasteiger partial charge is 0.372 e. The van der Waals surface area contributed by atoms with Crippen molar-refractivity contribution in [3.05, 3.63) is 44.3 Å². The summed E-state index contributed by atoms with van der Waals surface area (Å²) >= 11 is 15.5. The molecule has 0 aliphatic carbocycles. The van der Waals surface area contributed by atoms with E-state index in [9.17, 15) is 0 Å². The molecule has 0 saturated heterocycles. The SMILES string of the molecule is CNc1nc(Nc2cc(Br)ccc2C#N)c(Cl)cc1Cl. The van der Waals surface area contributed by atoms with Gasteiger partial charge in [-0.15, -0.1) is 0 Å². The molecule has 1 aromatic heterocycles. The molecule has 7 heteroatoms. The minimum Gasteiger partial charge on any atom is -0.372 e. The summed E-state index contributed by atoms with van der Waals surface area (Å²) in [5.74, 6) is 0.932. The van der Waals surface area contributed by atoms with Crippen LogP contribution in [0.15, 0.2) is 28.7 Å². The lowest BCUT2D eigenvalue weighted by atomic mass is 10.2. The molecule has 0 fully saturated rings. The molecule has 0 unspecified atom stereocenters. The maximum Gasteiger partial charge on any atom is 0.151 e. The van der Waals surface area contributed by atoms with E-state index in [1.54, 1.807) is 31.3 Å². The number of halogens is 3. The molecule has 2 aromatic rings. The second kappa shape index (κ2) is 6.31. The van der Waals surface area contributed by atoms with Crippen molar-refractivity contribution in [2.45, 2.75) is 0 Å². The van der Waals surface area contributed by atoms with Gasteiger partial charge in [-0.1, -0.05) is 39.1 Å². The number of nitrogens with zero attached hydrogens (tertiary/aromatic N) is 2. The Kier molecular flexibility index (Phi) is 4.71. The van der Waals surface area contributed by atoms with Crippen LogP contribution in [-0.2, 0) is 0 Å². The summed E-state index contributed by atoms with van der Waals surface area (Å²) in [7, 11) is 1.71. The van der Waals surface area contributed by atoms with Crippen LogP contribution in [0.5, 0.6) is 0 Å². The van der Waals surface area contributed by atoms with Gasteiger partial charge in [0.1, 0.15) is 11.9 Å². The summed E-state index contributed by atoms with van der Waals surface area (Å²) in [5.41, 5.74) is 1.10. The maximum absolute atomic E-state index is 9.11. The highest BCUT2D eigenvalue weighted by Gasteiger charge is 2.11. The number of pyridine rings is 1. The third-order valence-electron chi connectivity index (χ3n) is 2.52. The smallest absolute Gasteiger partial charge is 0.151 e. The lowest BCUT2D eigenvalue weighted by Gasteiger charge is -2.12. The number of nitriles is 1. The van der Waals surface area contributed by atoms with E-state index in [0.717, 1.165) is 4.47 Å². The van der Waals surface area contributed by atoms with Crippen LogP contribution in [0.25, 0.3) is 0 Å². The molecule has 4 nitrogen and oxygen atoms in total. The van der Waals surface area contributed by atoms with Crippen LogP contribution in [0.3, 0.4) is 0 Å². The molecule has 102 valence electrons. The van der Waals surface area contributed by atoms with E-state index in [-0.39, 0.29) is 0 Å². The number of hydrogen-bond donors (Lipinski definition) is 2. The molecule has 0 saturated carbocycles. The Hall–Kier alpha value is -1.48. The number of aromatic nitrogens is 1. The molecule has 2 N–H and O–H groups in total. The summed E-state index contributed by atoms with van der Waals surface area (Å²) in [6.45, 7) is 0. The van der Waals surface area contributed by atoms with E-state index >= 15 is 0 Å². The molecule has 0 amide bonds. The van der Waals surface area contributed by atoms with Gasteiger partial charge in [-0.25, -0.2) is 4.98 Å². The molecule has 1 heterocycles. The van der Waals surface area contributed by atoms with E-state index in [2.05, 4.69) is 37.6 Å². The zero-order valence-electron chi connectivity index (χ0n) is 10.3. The van der Waals surface area contributed by atoms with Gasteiger partial charge < -0.3 is 10.6 Å². The topological polar surface area (TPSA) is 60.7 Å². The van der Waals surface area contributed by atoms with Gasteiger partial charge >= 0.3 is 0 Å². The average molecular weight is 372 g/mol. The normalized spacial score (nSPS) is 9.95. The fraction of sp³-hybridized carbons (Fsp3) is 0.0769. The van der Waals surface area contributed by atoms with E-state index in [1.807, 2.05) is 0 Å². The molecule has 1 aromatic carbocycles. The Bertz CT molecular complexity index is 698. The van der Waals surface area contributed by atoms with Crippen LogP contribution in [-0.4, -0.2) is 12.0 Å². The third kappa shape index (κ3) is 3.15. The van der Waals surface area contributed by atoms with Crippen molar-refractivity contribution >= 4 is 56.5 Å². The first-order valence-corrected chi connectivity index (χ1v) is 7.10. The average Bonchev–Trinajstić information content (AvgIpc) is 2.42. The van der Waals surface area contributed by atoms with E-state index in [0.29, 0.717) is 32.9 Å². The second-order valence-electron chi connectivity index (χ2n) is 3.83. The van der Waals surface area contributed by atoms with Crippen molar-refractivity contribution in [2.24, 2.45) is 0 Å². The first kappa shape index (κ1) is 14.9. The van der Waals surface area contributed by atoms with E-state index < -0.39 is 0 Å². The minimum atomic E-state index is 0.373. The molecular weight excluding hydrogens is 363 g/mol. The molecule has 0 atom stereocenters. The molecule has 0 spiro atoms. The predicted molar refractivity (Wildman–Crippen MR) is 85.9 cm³/mol. The monoisotopic (exact) mass is 370 g/mol. The molecule has 0 aliphatic rings. The highest BCUT2D eigenvalue weighted by molar-refractivity contribution is 9.10. The Balaban J connectivity index is 2.45. The summed E-state index contributed by atoms with van der Waals surface area (Å²) in [6.07, 6.45) is 0. The van der Waals surface area contributed by atoms with E-state index in [4.69, 9.17) is 28.5 Å². The standard InChI is InChI=1S/C13H9BrCl2N4/c1-18-12-9(15)5-10(16)13(20-12)19-11-4-8(14)3-2-7(11)6-17/h2-5H,1H3,(H2,18,19,20). The molecule has 20 heavy (non-hydrogen) atoms. The van der Waals surface area contributed by atoms with Gasteiger partial charge in [-0.3, -0.25) is 0 Å². The predicted octanol–water partition coefficient (Wildman–Crippen LogP) is 4.81. The van der Waals surface area contributed by atoms with Crippen molar-refractivity contribution in [2.75, 3.05) is 17.7 Å². The lowest BCUT2D eigenvalue weighted by Crippen LogP contribution is -2.01. The summed E-state index contributed by atoms with van der Waals surface area (Å²) in [6, 6.07) is 8.98. The summed E-state index contributed by atoms with van der Waals surface area (Å²) < 4.78 is 0.845. The van der Waals surface area contributed by atoms with Crippen LogP contribution in [0.2, 0.25) is 10.0 Å². The third-order valence-corrected chi connectivity index (χ3v) is 3.59. The van der Waals surface area contributed by atoms with Crippen molar-refractivity contribution in [1.82, 2.24) is 4.98 Å². The number of nitrogens with one attached hydrogen (secondary N) is 2. The first-order chi connectivity index (χ1) is 9.55. The zero-order valence-corrected chi connectivity index (χ0v) is 13.4. The molecule has 0 bridgehead atoms. The van der Waals surface area contributed by atoms with Crippen molar-refractivity contribution in [1.29, 1.82) is 5.26 Å². The number of benzene rings is 1. The number of anilines is 3. The van der Waals surface area contributed by atoms with Gasteiger partial charge in [0, 0.05) is 11.5 Å². The van der Waals surface area contributed by atoms with Crippen molar-refractivity contribution in [3.8, 4) is 6.07 Å². The van der Waals surface area contributed by atoms with Crippen LogP contribution >= 0.6 is 39.1 Å². The van der Waals surface area contributed by atoms with E-state index in [1.165, 1.54) is 0 Å². The summed E-state index contributed by atoms with van der Waals surface area (Å²) in [4.78, 5) is 4.28. The molecule has 2 rings (SSSR count). The van der Waals surface area contributed by atoms with Gasteiger partial charge in [-0.2, -0.15) is 5.26 Å².